The van der Waals surface area contributed by atoms with Gasteiger partial charge in [0.1, 0.15) is 5.82 Å². The number of hydrogen-bond acceptors (Lipinski definition) is 7. The van der Waals surface area contributed by atoms with Gasteiger partial charge in [0.15, 0.2) is 11.6 Å². The van der Waals surface area contributed by atoms with E-state index in [-0.39, 0.29) is 41.1 Å². The standard InChI is InChI=1S/C40H41F8N7O/c1-53-51-38(50-52-53)54(22-27-16-31(39(43,44)45)20-32(17-27)40(46,47)48)23-30-18-29-19-33(41)34(42)21-35(29)49-37(30)55-14-5-8-36(55)28-11-9-25(10-12-28)13-15-56-24-26-6-3-2-4-7-26/h2-4,6-7,16-21,25,28,36H,5,8-15,22-24H2,1H3/t25-,28-,36-/m1/s1. The van der Waals surface area contributed by atoms with Gasteiger partial charge in [0.2, 0.25) is 0 Å². The van der Waals surface area contributed by atoms with Crippen LogP contribution in [0.5, 0.6) is 0 Å². The second kappa shape index (κ2) is 16.3. The fraction of sp³-hybridized carbons (Fsp3) is 0.450. The zero-order valence-corrected chi connectivity index (χ0v) is 30.6. The van der Waals surface area contributed by atoms with Gasteiger partial charge in [0, 0.05) is 49.3 Å². The van der Waals surface area contributed by atoms with Gasteiger partial charge in [-0.15, -0.1) is 5.10 Å². The van der Waals surface area contributed by atoms with Gasteiger partial charge in [0.05, 0.1) is 30.3 Å². The maximum atomic E-state index is 14.5. The van der Waals surface area contributed by atoms with Crippen molar-refractivity contribution in [1.29, 1.82) is 0 Å². The normalized spacial score (nSPS) is 19.2. The number of pyridine rings is 1. The fourth-order valence-electron chi connectivity index (χ4n) is 8.12. The molecule has 0 radical (unpaired) electrons. The van der Waals surface area contributed by atoms with E-state index < -0.39 is 41.7 Å². The van der Waals surface area contributed by atoms with E-state index in [0.717, 1.165) is 67.4 Å². The number of ether oxygens (including phenoxy) is 1. The van der Waals surface area contributed by atoms with Gasteiger partial charge in [-0.3, -0.25) is 0 Å². The number of aromatic nitrogens is 5. The van der Waals surface area contributed by atoms with Crippen molar-refractivity contribution in [2.45, 2.75) is 83.0 Å². The van der Waals surface area contributed by atoms with Crippen molar-refractivity contribution < 1.29 is 39.9 Å². The lowest BCUT2D eigenvalue weighted by Crippen LogP contribution is -2.39. The molecule has 1 aliphatic heterocycles. The van der Waals surface area contributed by atoms with Crippen LogP contribution in [0.3, 0.4) is 0 Å². The maximum Gasteiger partial charge on any atom is 0.416 e. The topological polar surface area (TPSA) is 72.2 Å². The molecule has 2 fully saturated rings. The quantitative estimate of drug-likeness (QED) is 0.0922. The molecule has 0 N–H and O–H groups in total. The van der Waals surface area contributed by atoms with Gasteiger partial charge in [-0.2, -0.15) is 31.1 Å². The molecule has 0 spiro atoms. The number of aryl methyl sites for hydroxylation is 1. The second-order valence-electron chi connectivity index (χ2n) is 14.8. The lowest BCUT2D eigenvalue weighted by molar-refractivity contribution is -0.143. The van der Waals surface area contributed by atoms with Gasteiger partial charge < -0.3 is 14.5 Å². The van der Waals surface area contributed by atoms with Crippen LogP contribution in [0.25, 0.3) is 10.9 Å². The summed E-state index contributed by atoms with van der Waals surface area (Å²) >= 11 is 0. The molecule has 1 saturated heterocycles. The maximum absolute atomic E-state index is 14.5. The highest BCUT2D eigenvalue weighted by Crippen LogP contribution is 2.41. The molecule has 1 saturated carbocycles. The molecule has 1 aliphatic carbocycles. The van der Waals surface area contributed by atoms with Crippen LogP contribution < -0.4 is 9.80 Å². The van der Waals surface area contributed by atoms with Crippen molar-refractivity contribution >= 4 is 22.7 Å². The first-order valence-electron chi connectivity index (χ1n) is 18.7. The Morgan fingerprint density at radius 2 is 1.50 bits per heavy atom. The Hall–Kier alpha value is -4.86. The molecule has 3 aromatic carbocycles. The predicted molar refractivity (Wildman–Crippen MR) is 193 cm³/mol. The van der Waals surface area contributed by atoms with E-state index in [2.05, 4.69) is 20.3 Å². The number of rotatable bonds is 12. The molecular formula is C40H41F8N7O. The highest BCUT2D eigenvalue weighted by atomic mass is 19.4. The molecule has 5 aromatic rings. The molecule has 0 bridgehead atoms. The zero-order valence-electron chi connectivity index (χ0n) is 30.6. The number of halogens is 8. The Labute approximate surface area is 318 Å². The summed E-state index contributed by atoms with van der Waals surface area (Å²) in [7, 11) is 1.47. The van der Waals surface area contributed by atoms with Gasteiger partial charge in [-0.25, -0.2) is 13.8 Å². The van der Waals surface area contributed by atoms with E-state index in [1.165, 1.54) is 11.9 Å². The number of tetrazole rings is 1. The first-order chi connectivity index (χ1) is 26.7. The molecule has 1 atom stereocenters. The van der Waals surface area contributed by atoms with Gasteiger partial charge in [-0.1, -0.05) is 48.3 Å². The van der Waals surface area contributed by atoms with E-state index >= 15 is 0 Å². The summed E-state index contributed by atoms with van der Waals surface area (Å²) < 4.78 is 118. The van der Waals surface area contributed by atoms with Crippen LogP contribution in [-0.4, -0.2) is 44.4 Å². The Kier molecular flexibility index (Phi) is 11.5. The summed E-state index contributed by atoms with van der Waals surface area (Å²) in [6.07, 6.45) is -3.33. The van der Waals surface area contributed by atoms with E-state index in [9.17, 15) is 35.1 Å². The number of hydrogen-bond donors (Lipinski definition) is 0. The minimum Gasteiger partial charge on any atom is -0.377 e. The van der Waals surface area contributed by atoms with Crippen molar-refractivity contribution in [1.82, 2.24) is 25.2 Å². The summed E-state index contributed by atoms with van der Waals surface area (Å²) in [4.78, 5) is 9.57. The Bertz CT molecular complexity index is 2080. The van der Waals surface area contributed by atoms with Crippen LogP contribution in [0.2, 0.25) is 0 Å². The molecule has 3 heterocycles. The predicted octanol–water partition coefficient (Wildman–Crippen LogP) is 9.66. The summed E-state index contributed by atoms with van der Waals surface area (Å²) in [6, 6.07) is 15.2. The van der Waals surface area contributed by atoms with Crippen molar-refractivity contribution in [3.63, 3.8) is 0 Å². The summed E-state index contributed by atoms with van der Waals surface area (Å²) in [5, 5.41) is 12.4. The summed E-state index contributed by atoms with van der Waals surface area (Å²) in [6.45, 7) is 1.27. The van der Waals surface area contributed by atoms with E-state index in [4.69, 9.17) is 9.72 Å². The second-order valence-corrected chi connectivity index (χ2v) is 14.8. The molecule has 2 aliphatic rings. The largest absolute Gasteiger partial charge is 0.416 e. The number of anilines is 2. The van der Waals surface area contributed by atoms with Crippen molar-refractivity contribution in [2.75, 3.05) is 23.0 Å². The monoisotopic (exact) mass is 787 g/mol. The summed E-state index contributed by atoms with van der Waals surface area (Å²) in [5.41, 5.74) is -1.35. The third-order valence-corrected chi connectivity index (χ3v) is 10.9. The van der Waals surface area contributed by atoms with Gasteiger partial charge >= 0.3 is 12.4 Å². The SMILES string of the molecule is Cn1nnc(N(Cc2cc(C(F)(F)F)cc(C(F)(F)F)c2)Cc2cc3cc(F)c(F)cc3nc2N2CCC[C@@H]2[C@H]2CC[C@H](CCOCc3ccccc3)CC2)n1. The van der Waals surface area contributed by atoms with Crippen LogP contribution in [0.15, 0.2) is 66.7 Å². The van der Waals surface area contributed by atoms with E-state index in [0.29, 0.717) is 55.1 Å². The van der Waals surface area contributed by atoms with Crippen LogP contribution >= 0.6 is 0 Å². The number of fused-ring (bicyclic) bond motifs is 1. The number of benzene rings is 3. The molecule has 0 amide bonds. The first-order valence-corrected chi connectivity index (χ1v) is 18.7. The number of nitrogens with zero attached hydrogens (tertiary/aromatic N) is 7. The molecular weight excluding hydrogens is 746 g/mol. The number of alkyl halides is 6. The van der Waals surface area contributed by atoms with Crippen LogP contribution in [0.1, 0.15) is 72.8 Å². The zero-order chi connectivity index (χ0) is 39.6. The van der Waals surface area contributed by atoms with Crippen LogP contribution in [0, 0.1) is 23.5 Å². The minimum absolute atomic E-state index is 0.0566. The average molecular weight is 788 g/mol. The van der Waals surface area contributed by atoms with Crippen molar-refractivity contribution in [3.8, 4) is 0 Å². The van der Waals surface area contributed by atoms with Crippen LogP contribution in [0.4, 0.5) is 46.9 Å². The molecule has 298 valence electrons. The van der Waals surface area contributed by atoms with E-state index in [1.54, 1.807) is 6.07 Å². The lowest BCUT2D eigenvalue weighted by atomic mass is 9.77. The molecule has 56 heavy (non-hydrogen) atoms. The molecule has 2 aromatic heterocycles. The van der Waals surface area contributed by atoms with Gasteiger partial charge in [0.25, 0.3) is 5.95 Å². The average Bonchev–Trinajstić information content (AvgIpc) is 3.83. The highest BCUT2D eigenvalue weighted by molar-refractivity contribution is 5.82. The third kappa shape index (κ3) is 9.22. The molecule has 0 unspecified atom stereocenters. The molecule has 16 heteroatoms. The summed E-state index contributed by atoms with van der Waals surface area (Å²) in [5.74, 6) is -0.863. The van der Waals surface area contributed by atoms with Crippen LogP contribution in [-0.2, 0) is 43.8 Å². The Morgan fingerprint density at radius 1 is 0.804 bits per heavy atom. The lowest BCUT2D eigenvalue weighted by Gasteiger charge is -2.38. The van der Waals surface area contributed by atoms with Crippen molar-refractivity contribution in [3.05, 3.63) is 106 Å². The molecule has 8 nitrogen and oxygen atoms in total. The molecule has 7 rings (SSSR count). The van der Waals surface area contributed by atoms with Gasteiger partial charge in [-0.05, 0) is 90.6 Å². The smallest absolute Gasteiger partial charge is 0.377 e. The fourth-order valence-corrected chi connectivity index (χ4v) is 8.12. The third-order valence-electron chi connectivity index (χ3n) is 10.9. The van der Waals surface area contributed by atoms with E-state index in [1.807, 2.05) is 30.3 Å². The Morgan fingerprint density at radius 3 is 2.16 bits per heavy atom. The highest BCUT2D eigenvalue weighted by Gasteiger charge is 2.38. The Balaban J connectivity index is 1.16. The minimum atomic E-state index is -5.04. The van der Waals surface area contributed by atoms with Crippen molar-refractivity contribution in [2.24, 2.45) is 18.9 Å². The first kappa shape index (κ1) is 39.4.